The number of aliphatic hydroxyl groups is 1. The van der Waals surface area contributed by atoms with Gasteiger partial charge in [0.2, 0.25) is 5.91 Å². The largest absolute Gasteiger partial charge is 0.396 e. The molecule has 1 aliphatic carbocycles. The maximum absolute atomic E-state index is 12.3. The number of aryl methyl sites for hydroxylation is 2. The average molecular weight is 317 g/mol. The molecule has 0 radical (unpaired) electrons. The molecular formula is C19H27NO3. The normalized spacial score (nSPS) is 14.6. The van der Waals surface area contributed by atoms with E-state index in [0.29, 0.717) is 12.0 Å². The van der Waals surface area contributed by atoms with Gasteiger partial charge in [-0.3, -0.25) is 9.59 Å². The van der Waals surface area contributed by atoms with Gasteiger partial charge in [-0.1, -0.05) is 26.0 Å². The minimum absolute atomic E-state index is 0.0260. The van der Waals surface area contributed by atoms with Gasteiger partial charge in [-0.2, -0.15) is 0 Å². The van der Waals surface area contributed by atoms with Crippen molar-refractivity contribution in [2.75, 3.05) is 6.61 Å². The van der Waals surface area contributed by atoms with Gasteiger partial charge in [-0.15, -0.1) is 0 Å². The topological polar surface area (TPSA) is 66.4 Å². The first-order valence-electron chi connectivity index (χ1n) is 8.56. The van der Waals surface area contributed by atoms with Crippen LogP contribution in [0.5, 0.6) is 0 Å². The quantitative estimate of drug-likeness (QED) is 0.724. The van der Waals surface area contributed by atoms with Crippen molar-refractivity contribution < 1.29 is 14.7 Å². The molecule has 1 atom stereocenters. The summed E-state index contributed by atoms with van der Waals surface area (Å²) < 4.78 is 0. The van der Waals surface area contributed by atoms with E-state index in [1.807, 2.05) is 32.0 Å². The Labute approximate surface area is 138 Å². The minimum atomic E-state index is -0.119. The minimum Gasteiger partial charge on any atom is -0.396 e. The van der Waals surface area contributed by atoms with Gasteiger partial charge in [0.05, 0.1) is 0 Å². The lowest BCUT2D eigenvalue weighted by atomic mass is 9.99. The summed E-state index contributed by atoms with van der Waals surface area (Å²) in [5, 5.41) is 12.0. The Morgan fingerprint density at radius 2 is 1.91 bits per heavy atom. The highest BCUT2D eigenvalue weighted by atomic mass is 16.3. The van der Waals surface area contributed by atoms with E-state index < -0.39 is 0 Å². The van der Waals surface area contributed by atoms with Crippen molar-refractivity contribution >= 4 is 11.7 Å². The zero-order valence-electron chi connectivity index (χ0n) is 14.1. The predicted octanol–water partition coefficient (Wildman–Crippen LogP) is 2.66. The van der Waals surface area contributed by atoms with Crippen LogP contribution in [0.25, 0.3) is 0 Å². The summed E-state index contributed by atoms with van der Waals surface area (Å²) in [5.41, 5.74) is 3.35. The zero-order chi connectivity index (χ0) is 16.8. The Bertz CT molecular complexity index is 566. The smallest absolute Gasteiger partial charge is 0.220 e. The number of fused-ring (bicyclic) bond motifs is 1. The lowest BCUT2D eigenvalue weighted by Gasteiger charge is -2.21. The van der Waals surface area contributed by atoms with E-state index in [1.54, 1.807) is 0 Å². The summed E-state index contributed by atoms with van der Waals surface area (Å²) in [7, 11) is 0. The van der Waals surface area contributed by atoms with Crippen molar-refractivity contribution in [3.63, 3.8) is 0 Å². The lowest BCUT2D eigenvalue weighted by Crippen LogP contribution is -2.39. The molecule has 0 aliphatic heterocycles. The van der Waals surface area contributed by atoms with Crippen LogP contribution in [-0.2, 0) is 17.6 Å². The number of hydrogen-bond donors (Lipinski definition) is 2. The van der Waals surface area contributed by atoms with Gasteiger partial charge < -0.3 is 10.4 Å². The molecule has 1 unspecified atom stereocenters. The fourth-order valence-corrected chi connectivity index (χ4v) is 3.11. The van der Waals surface area contributed by atoms with Crippen LogP contribution in [-0.4, -0.2) is 29.4 Å². The molecule has 2 N–H and O–H groups in total. The lowest BCUT2D eigenvalue weighted by molar-refractivity contribution is -0.122. The van der Waals surface area contributed by atoms with Gasteiger partial charge in [-0.25, -0.2) is 0 Å². The maximum Gasteiger partial charge on any atom is 0.220 e. The highest BCUT2D eigenvalue weighted by Gasteiger charge is 2.18. The monoisotopic (exact) mass is 317 g/mol. The van der Waals surface area contributed by atoms with E-state index in [-0.39, 0.29) is 43.1 Å². The van der Waals surface area contributed by atoms with Crippen LogP contribution in [0, 0.1) is 5.92 Å². The van der Waals surface area contributed by atoms with Gasteiger partial charge in [0.15, 0.2) is 5.78 Å². The number of carbonyl (C=O) groups is 2. The fourth-order valence-electron chi connectivity index (χ4n) is 3.11. The summed E-state index contributed by atoms with van der Waals surface area (Å²) in [6.45, 7) is 4.07. The second-order valence-electron chi connectivity index (χ2n) is 6.69. The van der Waals surface area contributed by atoms with Gasteiger partial charge in [0.1, 0.15) is 0 Å². The third-order valence-electron chi connectivity index (χ3n) is 4.59. The number of aliphatic hydroxyl groups excluding tert-OH is 1. The molecule has 1 amide bonds. The van der Waals surface area contributed by atoms with Crippen LogP contribution in [0.2, 0.25) is 0 Å². The second-order valence-corrected chi connectivity index (χ2v) is 6.69. The molecule has 2 rings (SSSR count). The summed E-state index contributed by atoms with van der Waals surface area (Å²) in [6.07, 6.45) is 4.29. The first-order chi connectivity index (χ1) is 11.0. The Morgan fingerprint density at radius 1 is 1.17 bits per heavy atom. The molecule has 1 aromatic carbocycles. The first kappa shape index (κ1) is 17.7. The van der Waals surface area contributed by atoms with E-state index >= 15 is 0 Å². The molecule has 23 heavy (non-hydrogen) atoms. The highest BCUT2D eigenvalue weighted by Crippen LogP contribution is 2.23. The number of carbonyl (C=O) groups excluding carboxylic acids is 2. The Kier molecular flexibility index (Phi) is 6.34. The molecule has 1 aromatic rings. The summed E-state index contributed by atoms with van der Waals surface area (Å²) in [4.78, 5) is 24.3. The van der Waals surface area contributed by atoms with Crippen molar-refractivity contribution in [1.82, 2.24) is 5.32 Å². The van der Waals surface area contributed by atoms with Crippen LogP contribution in [0.3, 0.4) is 0 Å². The number of amides is 1. The van der Waals surface area contributed by atoms with Crippen molar-refractivity contribution in [2.24, 2.45) is 5.92 Å². The molecule has 126 valence electrons. The zero-order valence-corrected chi connectivity index (χ0v) is 14.1. The van der Waals surface area contributed by atoms with Crippen molar-refractivity contribution in [3.05, 3.63) is 34.9 Å². The van der Waals surface area contributed by atoms with E-state index in [1.165, 1.54) is 11.1 Å². The maximum atomic E-state index is 12.3. The van der Waals surface area contributed by atoms with Gasteiger partial charge in [0, 0.05) is 31.1 Å². The van der Waals surface area contributed by atoms with E-state index in [9.17, 15) is 9.59 Å². The number of ketones is 1. The molecule has 0 saturated carbocycles. The Hall–Kier alpha value is -1.68. The summed E-state index contributed by atoms with van der Waals surface area (Å²) in [5.74, 6) is 0.170. The molecule has 1 aliphatic rings. The summed E-state index contributed by atoms with van der Waals surface area (Å²) >= 11 is 0. The van der Waals surface area contributed by atoms with Crippen molar-refractivity contribution in [2.45, 2.75) is 58.4 Å². The van der Waals surface area contributed by atoms with Crippen molar-refractivity contribution in [1.29, 1.82) is 0 Å². The molecule has 4 nitrogen and oxygen atoms in total. The second kappa shape index (κ2) is 8.25. The standard InChI is InChI=1S/C19H27NO3/c1-13(2)17(10-11-21)20-19(23)9-8-18(22)16-7-6-14-4-3-5-15(14)12-16/h6-7,12-13,17,21H,3-5,8-11H2,1-2H3,(H,20,23). The number of benzene rings is 1. The van der Waals surface area contributed by atoms with Crippen LogP contribution < -0.4 is 5.32 Å². The first-order valence-corrected chi connectivity index (χ1v) is 8.56. The van der Waals surface area contributed by atoms with Gasteiger partial charge >= 0.3 is 0 Å². The van der Waals surface area contributed by atoms with Crippen LogP contribution in [0.1, 0.15) is 61.0 Å². The predicted molar refractivity (Wildman–Crippen MR) is 90.5 cm³/mol. The number of Topliss-reactive ketones (excluding diaryl/α,β-unsaturated/α-hetero) is 1. The highest BCUT2D eigenvalue weighted by molar-refractivity contribution is 5.98. The van der Waals surface area contributed by atoms with Crippen LogP contribution >= 0.6 is 0 Å². The van der Waals surface area contributed by atoms with E-state index in [4.69, 9.17) is 5.11 Å². The molecule has 0 fully saturated rings. The number of nitrogens with one attached hydrogen (secondary N) is 1. The molecule has 0 spiro atoms. The third-order valence-corrected chi connectivity index (χ3v) is 4.59. The molecule has 4 heteroatoms. The average Bonchev–Trinajstić information content (AvgIpc) is 2.99. The Morgan fingerprint density at radius 3 is 2.61 bits per heavy atom. The number of hydrogen-bond acceptors (Lipinski definition) is 3. The molecule has 0 aromatic heterocycles. The third kappa shape index (κ3) is 4.90. The van der Waals surface area contributed by atoms with Crippen LogP contribution in [0.15, 0.2) is 18.2 Å². The van der Waals surface area contributed by atoms with Crippen molar-refractivity contribution in [3.8, 4) is 0 Å². The van der Waals surface area contributed by atoms with E-state index in [2.05, 4.69) is 5.32 Å². The molecule has 0 saturated heterocycles. The number of rotatable bonds is 8. The fraction of sp³-hybridized carbons (Fsp3) is 0.579. The van der Waals surface area contributed by atoms with E-state index in [0.717, 1.165) is 19.3 Å². The molecular weight excluding hydrogens is 290 g/mol. The van der Waals surface area contributed by atoms with Crippen LogP contribution in [0.4, 0.5) is 0 Å². The van der Waals surface area contributed by atoms with Gasteiger partial charge in [0.25, 0.3) is 0 Å². The van der Waals surface area contributed by atoms with Gasteiger partial charge in [-0.05, 0) is 48.8 Å². The Balaban J connectivity index is 1.85. The summed E-state index contributed by atoms with van der Waals surface area (Å²) in [6, 6.07) is 5.88. The molecule has 0 bridgehead atoms. The SMILES string of the molecule is CC(C)C(CCO)NC(=O)CCC(=O)c1ccc2c(c1)CCC2. The molecule has 0 heterocycles.